The maximum absolute atomic E-state index is 13.7. The lowest BCUT2D eigenvalue weighted by Gasteiger charge is -2.08. The first kappa shape index (κ1) is 19.1. The zero-order valence-corrected chi connectivity index (χ0v) is 15.4. The van der Waals surface area contributed by atoms with Gasteiger partial charge in [0.05, 0.1) is 15.6 Å². The molecule has 3 rings (SSSR count). The molecule has 27 heavy (non-hydrogen) atoms. The van der Waals surface area contributed by atoms with E-state index < -0.39 is 17.5 Å². The van der Waals surface area contributed by atoms with Crippen molar-refractivity contribution < 1.29 is 22.8 Å². The van der Waals surface area contributed by atoms with Gasteiger partial charge in [-0.3, -0.25) is 4.79 Å². The Bertz CT molecular complexity index is 1010. The van der Waals surface area contributed by atoms with E-state index in [9.17, 15) is 13.6 Å². The van der Waals surface area contributed by atoms with Gasteiger partial charge in [-0.1, -0.05) is 28.4 Å². The number of nitrogens with zero attached hydrogens (tertiary/aromatic N) is 1. The van der Waals surface area contributed by atoms with E-state index in [2.05, 4.69) is 10.5 Å². The molecule has 1 heterocycles. The minimum atomic E-state index is -0.856. The van der Waals surface area contributed by atoms with E-state index in [1.807, 2.05) is 0 Å². The SMILES string of the molecule is Cc1onc(C(=O)Nc2ccc(Cl)c(Cl)c2)c1COc1ccc(F)cc1F. The van der Waals surface area contributed by atoms with Crippen molar-refractivity contribution in [3.8, 4) is 5.75 Å². The summed E-state index contributed by atoms with van der Waals surface area (Å²) in [7, 11) is 0. The molecule has 1 aromatic heterocycles. The molecular weight excluding hydrogens is 401 g/mol. The number of aromatic nitrogens is 1. The van der Waals surface area contributed by atoms with Crippen molar-refractivity contribution in [3.05, 3.63) is 75.1 Å². The summed E-state index contributed by atoms with van der Waals surface area (Å²) in [4.78, 5) is 12.5. The second kappa shape index (κ2) is 7.94. The van der Waals surface area contributed by atoms with Crippen molar-refractivity contribution in [1.82, 2.24) is 5.16 Å². The first-order valence-corrected chi connectivity index (χ1v) is 8.40. The molecule has 0 fully saturated rings. The summed E-state index contributed by atoms with van der Waals surface area (Å²) < 4.78 is 37.0. The molecule has 2 aromatic carbocycles. The van der Waals surface area contributed by atoms with Crippen LogP contribution < -0.4 is 10.1 Å². The number of rotatable bonds is 5. The van der Waals surface area contributed by atoms with Crippen molar-refractivity contribution in [1.29, 1.82) is 0 Å². The number of carbonyl (C=O) groups excluding carboxylic acids is 1. The number of aryl methyl sites for hydroxylation is 1. The standard InChI is InChI=1S/C18H12Cl2F2N2O3/c1-9-12(8-26-16-5-2-10(21)6-15(16)22)17(24-27-9)18(25)23-11-3-4-13(19)14(20)7-11/h2-7H,8H2,1H3,(H,23,25). The number of amides is 1. The second-order valence-corrected chi connectivity index (χ2v) is 6.33. The molecule has 0 bridgehead atoms. The molecule has 9 heteroatoms. The van der Waals surface area contributed by atoms with E-state index in [0.29, 0.717) is 28.1 Å². The van der Waals surface area contributed by atoms with E-state index >= 15 is 0 Å². The summed E-state index contributed by atoms with van der Waals surface area (Å²) in [5.74, 6) is -1.97. The molecule has 0 unspecified atom stereocenters. The van der Waals surface area contributed by atoms with Crippen molar-refractivity contribution in [2.24, 2.45) is 0 Å². The quantitative estimate of drug-likeness (QED) is 0.609. The van der Waals surface area contributed by atoms with Crippen molar-refractivity contribution in [2.75, 3.05) is 5.32 Å². The van der Waals surface area contributed by atoms with E-state index in [1.54, 1.807) is 13.0 Å². The largest absolute Gasteiger partial charge is 0.486 e. The monoisotopic (exact) mass is 412 g/mol. The van der Waals surface area contributed by atoms with Crippen LogP contribution in [0.2, 0.25) is 10.0 Å². The summed E-state index contributed by atoms with van der Waals surface area (Å²) in [6.07, 6.45) is 0. The summed E-state index contributed by atoms with van der Waals surface area (Å²) in [6.45, 7) is 1.39. The fourth-order valence-electron chi connectivity index (χ4n) is 2.25. The first-order valence-electron chi connectivity index (χ1n) is 7.64. The minimum absolute atomic E-state index is 0.0268. The Kier molecular flexibility index (Phi) is 5.62. The number of hydrogen-bond donors (Lipinski definition) is 1. The van der Waals surface area contributed by atoms with E-state index in [4.69, 9.17) is 32.5 Å². The van der Waals surface area contributed by atoms with Crippen LogP contribution in [0.4, 0.5) is 14.5 Å². The molecule has 3 aromatic rings. The van der Waals surface area contributed by atoms with Crippen LogP contribution in [-0.2, 0) is 6.61 Å². The Hall–Kier alpha value is -2.64. The second-order valence-electron chi connectivity index (χ2n) is 5.51. The molecule has 0 aliphatic heterocycles. The summed E-state index contributed by atoms with van der Waals surface area (Å²) in [5, 5.41) is 6.96. The van der Waals surface area contributed by atoms with Crippen LogP contribution in [0.25, 0.3) is 0 Å². The van der Waals surface area contributed by atoms with Crippen molar-refractivity contribution in [2.45, 2.75) is 13.5 Å². The van der Waals surface area contributed by atoms with Gasteiger partial charge >= 0.3 is 0 Å². The van der Waals surface area contributed by atoms with Gasteiger partial charge in [0, 0.05) is 11.8 Å². The molecular formula is C18H12Cl2F2N2O3. The average molecular weight is 413 g/mol. The van der Waals surface area contributed by atoms with Crippen LogP contribution in [0, 0.1) is 18.6 Å². The molecule has 0 aliphatic carbocycles. The lowest BCUT2D eigenvalue weighted by Crippen LogP contribution is -2.15. The molecule has 0 saturated heterocycles. The van der Waals surface area contributed by atoms with Crippen LogP contribution in [0.1, 0.15) is 21.8 Å². The minimum Gasteiger partial charge on any atom is -0.486 e. The lowest BCUT2D eigenvalue weighted by atomic mass is 10.2. The Balaban J connectivity index is 1.77. The highest BCUT2D eigenvalue weighted by atomic mass is 35.5. The van der Waals surface area contributed by atoms with Gasteiger partial charge in [0.2, 0.25) is 0 Å². The zero-order chi connectivity index (χ0) is 19.6. The third-order valence-electron chi connectivity index (χ3n) is 3.64. The predicted molar refractivity (Wildman–Crippen MR) is 96.3 cm³/mol. The van der Waals surface area contributed by atoms with Crippen LogP contribution in [0.3, 0.4) is 0 Å². The average Bonchev–Trinajstić information content (AvgIpc) is 2.98. The highest BCUT2D eigenvalue weighted by Gasteiger charge is 2.21. The number of benzene rings is 2. The maximum Gasteiger partial charge on any atom is 0.278 e. The molecule has 1 amide bonds. The molecule has 0 radical (unpaired) electrons. The topological polar surface area (TPSA) is 64.4 Å². The van der Waals surface area contributed by atoms with Gasteiger partial charge in [-0.15, -0.1) is 0 Å². The molecule has 0 saturated carbocycles. The van der Waals surface area contributed by atoms with Crippen LogP contribution in [-0.4, -0.2) is 11.1 Å². The highest BCUT2D eigenvalue weighted by molar-refractivity contribution is 6.42. The lowest BCUT2D eigenvalue weighted by molar-refractivity contribution is 0.101. The zero-order valence-electron chi connectivity index (χ0n) is 13.9. The number of carbonyl (C=O) groups is 1. The molecule has 5 nitrogen and oxygen atoms in total. The summed E-state index contributed by atoms with van der Waals surface area (Å²) >= 11 is 11.8. The van der Waals surface area contributed by atoms with Gasteiger partial charge in [0.15, 0.2) is 17.3 Å². The highest BCUT2D eigenvalue weighted by Crippen LogP contribution is 2.26. The normalized spacial score (nSPS) is 10.7. The Morgan fingerprint density at radius 2 is 1.96 bits per heavy atom. The van der Waals surface area contributed by atoms with Crippen LogP contribution >= 0.6 is 23.2 Å². The third kappa shape index (κ3) is 4.37. The molecule has 0 spiro atoms. The maximum atomic E-state index is 13.7. The van der Waals surface area contributed by atoms with Gasteiger partial charge in [-0.25, -0.2) is 8.78 Å². The third-order valence-corrected chi connectivity index (χ3v) is 4.38. The smallest absolute Gasteiger partial charge is 0.278 e. The Morgan fingerprint density at radius 1 is 1.19 bits per heavy atom. The number of ether oxygens (including phenoxy) is 1. The van der Waals surface area contributed by atoms with Crippen molar-refractivity contribution in [3.63, 3.8) is 0 Å². The fourth-order valence-corrected chi connectivity index (χ4v) is 2.54. The molecule has 1 N–H and O–H groups in total. The Morgan fingerprint density at radius 3 is 2.67 bits per heavy atom. The van der Waals surface area contributed by atoms with E-state index in [0.717, 1.165) is 12.1 Å². The summed E-state index contributed by atoms with van der Waals surface area (Å²) in [5.41, 5.74) is 0.712. The number of anilines is 1. The van der Waals surface area contributed by atoms with Gasteiger partial charge in [-0.05, 0) is 37.3 Å². The van der Waals surface area contributed by atoms with Crippen molar-refractivity contribution >= 4 is 34.8 Å². The molecule has 0 aliphatic rings. The molecule has 140 valence electrons. The van der Waals surface area contributed by atoms with E-state index in [1.165, 1.54) is 12.1 Å². The first-order chi connectivity index (χ1) is 12.8. The van der Waals surface area contributed by atoms with Gasteiger partial charge in [-0.2, -0.15) is 0 Å². The Labute approximate surface area is 162 Å². The van der Waals surface area contributed by atoms with Gasteiger partial charge in [0.1, 0.15) is 18.2 Å². The number of hydrogen-bond acceptors (Lipinski definition) is 4. The van der Waals surface area contributed by atoms with Crippen LogP contribution in [0.15, 0.2) is 40.9 Å². The van der Waals surface area contributed by atoms with Gasteiger partial charge < -0.3 is 14.6 Å². The van der Waals surface area contributed by atoms with Gasteiger partial charge in [0.25, 0.3) is 5.91 Å². The number of halogens is 4. The predicted octanol–water partition coefficient (Wildman–Crippen LogP) is 5.40. The summed E-state index contributed by atoms with van der Waals surface area (Å²) in [6, 6.07) is 7.52. The van der Waals surface area contributed by atoms with Crippen LogP contribution in [0.5, 0.6) is 5.75 Å². The fraction of sp³-hybridized carbons (Fsp3) is 0.111. The molecule has 0 atom stereocenters. The van der Waals surface area contributed by atoms with E-state index in [-0.39, 0.29) is 23.1 Å². The number of nitrogens with one attached hydrogen (secondary N) is 1.